The summed E-state index contributed by atoms with van der Waals surface area (Å²) in [5.41, 5.74) is 7.19. The molecule has 33 heavy (non-hydrogen) atoms. The zero-order chi connectivity index (χ0) is 24.1. The van der Waals surface area contributed by atoms with Crippen LogP contribution in [0, 0.1) is 5.92 Å². The molecule has 9 nitrogen and oxygen atoms in total. The minimum atomic E-state index is -2.53. The number of benzene rings is 1. The highest BCUT2D eigenvalue weighted by Crippen LogP contribution is 2.45. The van der Waals surface area contributed by atoms with Crippen molar-refractivity contribution in [1.29, 1.82) is 0 Å². The van der Waals surface area contributed by atoms with E-state index in [1.165, 1.54) is 7.11 Å². The van der Waals surface area contributed by atoms with Gasteiger partial charge in [0.1, 0.15) is 11.5 Å². The number of nitrogens with two attached hydrogens (primary N) is 1. The van der Waals surface area contributed by atoms with Crippen LogP contribution in [-0.2, 0) is 24.5 Å². The number of hydrogen-bond acceptors (Lipinski definition) is 9. The summed E-state index contributed by atoms with van der Waals surface area (Å²) in [4.78, 5) is 0.116. The molecule has 0 aromatic heterocycles. The molecule has 10 heteroatoms. The molecule has 1 aromatic carbocycles. The van der Waals surface area contributed by atoms with E-state index >= 15 is 0 Å². The first-order chi connectivity index (χ1) is 15.9. The Morgan fingerprint density at radius 3 is 2.18 bits per heavy atom. The summed E-state index contributed by atoms with van der Waals surface area (Å²) in [6.45, 7) is 2.41. The van der Waals surface area contributed by atoms with E-state index in [2.05, 4.69) is 0 Å². The molecule has 0 saturated carbocycles. The average Bonchev–Trinajstić information content (AvgIpc) is 3.31. The third kappa shape index (κ3) is 4.97. The van der Waals surface area contributed by atoms with Crippen molar-refractivity contribution in [2.24, 2.45) is 11.7 Å². The first kappa shape index (κ1) is 24.9. The van der Waals surface area contributed by atoms with E-state index in [9.17, 15) is 8.42 Å². The van der Waals surface area contributed by atoms with Gasteiger partial charge in [-0.1, -0.05) is 6.08 Å². The second-order valence-corrected chi connectivity index (χ2v) is 8.58. The molecule has 1 aliphatic heterocycles. The molecule has 1 saturated heterocycles. The highest BCUT2D eigenvalue weighted by Gasteiger charge is 2.40. The van der Waals surface area contributed by atoms with Crippen LogP contribution in [0.1, 0.15) is 31.4 Å². The molecule has 0 radical (unpaired) electrons. The minimum absolute atomic E-state index is 0.116. The summed E-state index contributed by atoms with van der Waals surface area (Å²) in [6.07, 6.45) is 2.60. The van der Waals surface area contributed by atoms with Crippen LogP contribution in [0.15, 0.2) is 35.3 Å². The standard InChI is InChI=1S/C23H31NO8S/c1-13-10-15(23(33(25)26)22(30-5)20(13)31-9-8-24)17-7-6-16(32-17)14-11-18(27-2)21(29-4)19(12-14)28-3/h10-12,15-17H,6-9,24H2,1-5H3/t15?,16-,17-/m1/s1. The summed E-state index contributed by atoms with van der Waals surface area (Å²) >= 11 is 0. The van der Waals surface area contributed by atoms with E-state index in [1.807, 2.05) is 25.1 Å². The Hall–Kier alpha value is -2.69. The van der Waals surface area contributed by atoms with Gasteiger partial charge in [-0.15, -0.1) is 0 Å². The third-order valence-electron chi connectivity index (χ3n) is 5.78. The maximum Gasteiger partial charge on any atom is 0.221 e. The maximum absolute atomic E-state index is 12.2. The molecule has 1 aliphatic carbocycles. The Labute approximate surface area is 195 Å². The summed E-state index contributed by atoms with van der Waals surface area (Å²) < 4.78 is 58.3. The molecule has 3 rings (SSSR count). The van der Waals surface area contributed by atoms with Gasteiger partial charge in [0.15, 0.2) is 23.0 Å². The highest BCUT2D eigenvalue weighted by atomic mass is 32.2. The normalized spacial score (nSPS) is 22.7. The van der Waals surface area contributed by atoms with E-state index in [-0.39, 0.29) is 29.4 Å². The fraction of sp³-hybridized carbons (Fsp3) is 0.522. The number of hydrogen-bond donors (Lipinski definition) is 1. The van der Waals surface area contributed by atoms with Gasteiger partial charge in [-0.3, -0.25) is 0 Å². The van der Waals surface area contributed by atoms with Crippen LogP contribution in [-0.4, -0.2) is 61.0 Å². The fourth-order valence-electron chi connectivity index (χ4n) is 4.32. The molecule has 2 aliphatic rings. The third-order valence-corrected chi connectivity index (χ3v) is 6.60. The fourth-order valence-corrected chi connectivity index (χ4v) is 5.09. The number of allylic oxidation sites excluding steroid dienone is 2. The highest BCUT2D eigenvalue weighted by molar-refractivity contribution is 7.73. The van der Waals surface area contributed by atoms with Crippen molar-refractivity contribution in [3.05, 3.63) is 40.9 Å². The van der Waals surface area contributed by atoms with E-state index in [0.29, 0.717) is 42.4 Å². The summed E-state index contributed by atoms with van der Waals surface area (Å²) in [6, 6.07) is 3.71. The van der Waals surface area contributed by atoms with Crippen LogP contribution in [0.5, 0.6) is 17.2 Å². The van der Waals surface area contributed by atoms with Crippen molar-refractivity contribution in [2.75, 3.05) is 41.6 Å². The summed E-state index contributed by atoms with van der Waals surface area (Å²) in [7, 11) is 3.57. The number of methoxy groups -OCH3 is 4. The first-order valence-electron chi connectivity index (χ1n) is 10.6. The lowest BCUT2D eigenvalue weighted by molar-refractivity contribution is 0.0335. The quantitative estimate of drug-likeness (QED) is 0.531. The zero-order valence-corrected chi connectivity index (χ0v) is 20.4. The monoisotopic (exact) mass is 481 g/mol. The molecule has 3 atom stereocenters. The SMILES string of the molecule is COC1=C(OCCN)C(C)=CC([C@H]2CC[C@H](c3cc(OC)c(OC)c(OC)c3)O2)C1=S(=O)=O. The first-order valence-corrected chi connectivity index (χ1v) is 11.7. The topological polar surface area (TPSA) is 116 Å². The molecule has 1 heterocycles. The second kappa shape index (κ2) is 11.0. The van der Waals surface area contributed by atoms with Gasteiger partial charge in [-0.25, -0.2) is 0 Å². The van der Waals surface area contributed by atoms with Crippen LogP contribution in [0.25, 0.3) is 0 Å². The number of ether oxygens (including phenoxy) is 6. The molecular formula is C23H31NO8S. The lowest BCUT2D eigenvalue weighted by atomic mass is 9.88. The molecule has 0 spiro atoms. The van der Waals surface area contributed by atoms with Gasteiger partial charge in [0, 0.05) is 12.5 Å². The van der Waals surface area contributed by atoms with Gasteiger partial charge >= 0.3 is 0 Å². The van der Waals surface area contributed by atoms with Gasteiger partial charge in [-0.05, 0) is 43.0 Å². The number of rotatable bonds is 9. The van der Waals surface area contributed by atoms with Crippen molar-refractivity contribution in [2.45, 2.75) is 32.0 Å². The Morgan fingerprint density at radius 2 is 1.67 bits per heavy atom. The van der Waals surface area contributed by atoms with Crippen LogP contribution in [0.2, 0.25) is 0 Å². The van der Waals surface area contributed by atoms with Crippen LogP contribution in [0.4, 0.5) is 0 Å². The van der Waals surface area contributed by atoms with Crippen molar-refractivity contribution in [1.82, 2.24) is 0 Å². The van der Waals surface area contributed by atoms with Gasteiger partial charge in [0.25, 0.3) is 0 Å². The van der Waals surface area contributed by atoms with E-state index in [1.54, 1.807) is 21.3 Å². The molecule has 182 valence electrons. The smallest absolute Gasteiger partial charge is 0.221 e. The predicted molar refractivity (Wildman–Crippen MR) is 123 cm³/mol. The molecular weight excluding hydrogens is 450 g/mol. The van der Waals surface area contributed by atoms with Crippen molar-refractivity contribution < 1.29 is 36.8 Å². The van der Waals surface area contributed by atoms with Gasteiger partial charge in [0.05, 0.1) is 40.6 Å². The van der Waals surface area contributed by atoms with E-state index < -0.39 is 16.2 Å². The van der Waals surface area contributed by atoms with Crippen molar-refractivity contribution in [3.63, 3.8) is 0 Å². The summed E-state index contributed by atoms with van der Waals surface area (Å²) in [5.74, 6) is 1.65. The van der Waals surface area contributed by atoms with Gasteiger partial charge in [0.2, 0.25) is 16.0 Å². The van der Waals surface area contributed by atoms with E-state index in [0.717, 1.165) is 11.1 Å². The van der Waals surface area contributed by atoms with Gasteiger partial charge < -0.3 is 34.2 Å². The lowest BCUT2D eigenvalue weighted by Gasteiger charge is -2.28. The Morgan fingerprint density at radius 1 is 1.00 bits per heavy atom. The Balaban J connectivity index is 1.92. The predicted octanol–water partition coefficient (Wildman–Crippen LogP) is 2.39. The van der Waals surface area contributed by atoms with Crippen molar-refractivity contribution in [3.8, 4) is 17.2 Å². The molecule has 1 fully saturated rings. The largest absolute Gasteiger partial charge is 0.493 e. The zero-order valence-electron chi connectivity index (χ0n) is 19.5. The molecule has 0 amide bonds. The Kier molecular flexibility index (Phi) is 8.28. The van der Waals surface area contributed by atoms with E-state index in [4.69, 9.17) is 34.2 Å². The molecule has 2 N–H and O–H groups in total. The molecule has 0 bridgehead atoms. The maximum atomic E-state index is 12.2. The molecule has 1 aromatic rings. The van der Waals surface area contributed by atoms with Crippen LogP contribution >= 0.6 is 0 Å². The summed E-state index contributed by atoms with van der Waals surface area (Å²) in [5, 5.41) is 0. The Bertz CT molecular complexity index is 1040. The van der Waals surface area contributed by atoms with Gasteiger partial charge in [-0.2, -0.15) is 8.42 Å². The van der Waals surface area contributed by atoms with Crippen molar-refractivity contribution >= 4 is 15.2 Å². The molecule has 1 unspecified atom stereocenters. The minimum Gasteiger partial charge on any atom is -0.493 e. The lowest BCUT2D eigenvalue weighted by Crippen LogP contribution is -2.33. The average molecular weight is 482 g/mol. The second-order valence-electron chi connectivity index (χ2n) is 7.67. The van der Waals surface area contributed by atoms with Crippen LogP contribution in [0.3, 0.4) is 0 Å². The van der Waals surface area contributed by atoms with Crippen LogP contribution < -0.4 is 19.9 Å².